The Bertz CT molecular complexity index is 942. The van der Waals surface area contributed by atoms with E-state index in [1.54, 1.807) is 42.5 Å². The number of benzene rings is 2. The molecule has 3 amide bonds. The van der Waals surface area contributed by atoms with E-state index < -0.39 is 11.6 Å². The Morgan fingerprint density at radius 3 is 2.43 bits per heavy atom. The van der Waals surface area contributed by atoms with E-state index in [9.17, 15) is 14.4 Å². The van der Waals surface area contributed by atoms with Crippen molar-refractivity contribution in [2.75, 3.05) is 7.11 Å². The summed E-state index contributed by atoms with van der Waals surface area (Å²) in [6.45, 7) is 3.31. The van der Waals surface area contributed by atoms with Crippen molar-refractivity contribution < 1.29 is 19.1 Å². The largest absolute Gasteiger partial charge is 0.496 e. The van der Waals surface area contributed by atoms with Gasteiger partial charge in [0.25, 0.3) is 5.91 Å². The third-order valence-corrected chi connectivity index (χ3v) is 5.31. The summed E-state index contributed by atoms with van der Waals surface area (Å²) < 4.78 is 5.34. The van der Waals surface area contributed by atoms with Crippen LogP contribution in [0.5, 0.6) is 5.75 Å². The number of ketones is 1. The van der Waals surface area contributed by atoms with Crippen LogP contribution in [0.2, 0.25) is 5.02 Å². The van der Waals surface area contributed by atoms with Crippen LogP contribution in [-0.2, 0) is 16.9 Å². The number of Topliss-reactive ketones (excluding diaryl/α,β-unsaturated/α-hetero) is 1. The van der Waals surface area contributed by atoms with Crippen molar-refractivity contribution in [1.29, 1.82) is 0 Å². The fourth-order valence-electron chi connectivity index (χ4n) is 3.43. The molecule has 0 aromatic heterocycles. The number of ether oxygens (including phenoxy) is 1. The van der Waals surface area contributed by atoms with Crippen LogP contribution in [0.3, 0.4) is 0 Å². The van der Waals surface area contributed by atoms with Crippen LogP contribution >= 0.6 is 11.6 Å². The molecule has 0 aliphatic carbocycles. The number of rotatable bonds is 6. The Hall–Kier alpha value is -2.86. The van der Waals surface area contributed by atoms with Gasteiger partial charge in [0.2, 0.25) is 0 Å². The van der Waals surface area contributed by atoms with Crippen LogP contribution in [0.25, 0.3) is 0 Å². The van der Waals surface area contributed by atoms with E-state index in [1.807, 2.05) is 6.92 Å². The minimum Gasteiger partial charge on any atom is -0.496 e. The van der Waals surface area contributed by atoms with Crippen LogP contribution in [0.15, 0.2) is 42.5 Å². The van der Waals surface area contributed by atoms with E-state index in [0.717, 1.165) is 4.90 Å². The van der Waals surface area contributed by atoms with Gasteiger partial charge in [-0.2, -0.15) is 0 Å². The molecule has 3 rings (SSSR count). The monoisotopic (exact) mass is 400 g/mol. The van der Waals surface area contributed by atoms with E-state index in [-0.39, 0.29) is 18.2 Å². The second kappa shape index (κ2) is 7.64. The molecule has 0 spiro atoms. The van der Waals surface area contributed by atoms with Crippen molar-refractivity contribution in [1.82, 2.24) is 10.2 Å². The molecule has 146 valence electrons. The van der Waals surface area contributed by atoms with Gasteiger partial charge in [-0.05, 0) is 49.2 Å². The Balaban J connectivity index is 1.97. The van der Waals surface area contributed by atoms with Gasteiger partial charge in [-0.25, -0.2) is 4.79 Å². The predicted molar refractivity (Wildman–Crippen MR) is 106 cm³/mol. The first-order valence-corrected chi connectivity index (χ1v) is 9.28. The van der Waals surface area contributed by atoms with Gasteiger partial charge in [0.1, 0.15) is 11.3 Å². The first kappa shape index (κ1) is 19.9. The maximum atomic E-state index is 13.3. The van der Waals surface area contributed by atoms with Gasteiger partial charge in [-0.15, -0.1) is 0 Å². The van der Waals surface area contributed by atoms with Crippen LogP contribution in [0.1, 0.15) is 41.8 Å². The number of carbonyl (C=O) groups excluding carboxylic acids is 3. The lowest BCUT2D eigenvalue weighted by Crippen LogP contribution is -2.43. The van der Waals surface area contributed by atoms with Crippen molar-refractivity contribution in [3.8, 4) is 5.75 Å². The quantitative estimate of drug-likeness (QED) is 0.589. The summed E-state index contributed by atoms with van der Waals surface area (Å²) in [4.78, 5) is 38.8. The number of imide groups is 1. The second-order valence-electron chi connectivity index (χ2n) is 6.67. The third-order valence-electron chi connectivity index (χ3n) is 5.06. The summed E-state index contributed by atoms with van der Waals surface area (Å²) in [5.41, 5.74) is 0.598. The molecule has 0 unspecified atom stereocenters. The van der Waals surface area contributed by atoms with Gasteiger partial charge in [0.05, 0.1) is 13.7 Å². The molecule has 1 N–H and O–H groups in total. The molecule has 0 bridgehead atoms. The van der Waals surface area contributed by atoms with E-state index in [2.05, 4.69) is 5.32 Å². The number of nitrogens with zero attached hydrogens (tertiary/aromatic N) is 1. The molecule has 28 heavy (non-hydrogen) atoms. The maximum absolute atomic E-state index is 13.3. The summed E-state index contributed by atoms with van der Waals surface area (Å²) >= 11 is 5.96. The summed E-state index contributed by atoms with van der Waals surface area (Å²) in [7, 11) is 1.50. The van der Waals surface area contributed by atoms with Crippen molar-refractivity contribution in [2.45, 2.75) is 32.4 Å². The Kier molecular flexibility index (Phi) is 5.42. The fourth-order valence-corrected chi connectivity index (χ4v) is 3.56. The summed E-state index contributed by atoms with van der Waals surface area (Å²) in [5.74, 6) is 0.0499. The number of amides is 3. The standard InChI is InChI=1S/C21H21ClN2O4/c1-4-21(16-6-8-17(22)9-7-16)19(26)24(20(27)23-21)12-15-11-14(13(2)25)5-10-18(15)28-3/h5-11H,4,12H2,1-3H3,(H,23,27)/t21-/m1/s1. The molecule has 1 atom stereocenters. The molecule has 0 radical (unpaired) electrons. The predicted octanol–water partition coefficient (Wildman–Crippen LogP) is 3.91. The minimum absolute atomic E-state index is 0.00427. The number of urea groups is 1. The smallest absolute Gasteiger partial charge is 0.325 e. The highest BCUT2D eigenvalue weighted by molar-refractivity contribution is 6.30. The molecule has 7 heteroatoms. The second-order valence-corrected chi connectivity index (χ2v) is 7.11. The topological polar surface area (TPSA) is 75.7 Å². The van der Waals surface area contributed by atoms with Gasteiger partial charge in [-0.3, -0.25) is 14.5 Å². The lowest BCUT2D eigenvalue weighted by Gasteiger charge is -2.26. The zero-order valence-electron chi connectivity index (χ0n) is 15.9. The van der Waals surface area contributed by atoms with Crippen molar-refractivity contribution in [3.63, 3.8) is 0 Å². The van der Waals surface area contributed by atoms with Gasteiger partial charge in [0.15, 0.2) is 5.78 Å². The highest BCUT2D eigenvalue weighted by atomic mass is 35.5. The average Bonchev–Trinajstić information content (AvgIpc) is 2.93. The zero-order valence-corrected chi connectivity index (χ0v) is 16.7. The van der Waals surface area contributed by atoms with Crippen LogP contribution in [-0.4, -0.2) is 29.7 Å². The van der Waals surface area contributed by atoms with Gasteiger partial charge < -0.3 is 10.1 Å². The Labute approximate surface area is 168 Å². The molecule has 6 nitrogen and oxygen atoms in total. The molecule has 2 aromatic rings. The Morgan fingerprint density at radius 1 is 1.18 bits per heavy atom. The van der Waals surface area contributed by atoms with E-state index in [0.29, 0.717) is 33.9 Å². The third kappa shape index (κ3) is 3.36. The fraction of sp³-hybridized carbons (Fsp3) is 0.286. The number of carbonyl (C=O) groups is 3. The Morgan fingerprint density at radius 2 is 1.86 bits per heavy atom. The van der Waals surface area contributed by atoms with Gasteiger partial charge in [-0.1, -0.05) is 30.7 Å². The summed E-state index contributed by atoms with van der Waals surface area (Å²) in [6.07, 6.45) is 0.389. The number of hydrogen-bond donors (Lipinski definition) is 1. The molecular weight excluding hydrogens is 380 g/mol. The van der Waals surface area contributed by atoms with E-state index >= 15 is 0 Å². The van der Waals surface area contributed by atoms with Gasteiger partial charge in [0, 0.05) is 16.1 Å². The van der Waals surface area contributed by atoms with Crippen molar-refractivity contribution >= 4 is 29.3 Å². The van der Waals surface area contributed by atoms with Crippen molar-refractivity contribution in [3.05, 3.63) is 64.2 Å². The van der Waals surface area contributed by atoms with Crippen LogP contribution in [0.4, 0.5) is 4.79 Å². The van der Waals surface area contributed by atoms with Crippen molar-refractivity contribution in [2.24, 2.45) is 0 Å². The number of nitrogens with one attached hydrogen (secondary N) is 1. The van der Waals surface area contributed by atoms with Crippen LogP contribution < -0.4 is 10.1 Å². The SMILES string of the molecule is CC[C@]1(c2ccc(Cl)cc2)NC(=O)N(Cc2cc(C(C)=O)ccc2OC)C1=O. The maximum Gasteiger partial charge on any atom is 0.325 e. The van der Waals surface area contributed by atoms with Crippen LogP contribution in [0, 0.1) is 0 Å². The highest BCUT2D eigenvalue weighted by Gasteiger charge is 2.51. The highest BCUT2D eigenvalue weighted by Crippen LogP contribution is 2.34. The molecule has 2 aromatic carbocycles. The number of hydrogen-bond acceptors (Lipinski definition) is 4. The zero-order chi connectivity index (χ0) is 20.5. The lowest BCUT2D eigenvalue weighted by molar-refractivity contribution is -0.132. The number of methoxy groups -OCH3 is 1. The molecule has 1 heterocycles. The van der Waals surface area contributed by atoms with Gasteiger partial charge >= 0.3 is 6.03 Å². The molecule has 1 aliphatic heterocycles. The first-order valence-electron chi connectivity index (χ1n) is 8.90. The summed E-state index contributed by atoms with van der Waals surface area (Å²) in [5, 5.41) is 3.38. The molecule has 1 fully saturated rings. The number of halogens is 1. The lowest BCUT2D eigenvalue weighted by atomic mass is 9.87. The average molecular weight is 401 g/mol. The molecule has 1 aliphatic rings. The molecule has 0 saturated carbocycles. The molecule has 1 saturated heterocycles. The molecular formula is C21H21ClN2O4. The normalized spacial score (nSPS) is 18.9. The van der Waals surface area contributed by atoms with E-state index in [1.165, 1.54) is 14.0 Å². The summed E-state index contributed by atoms with van der Waals surface area (Å²) in [6, 6.07) is 11.3. The van der Waals surface area contributed by atoms with E-state index in [4.69, 9.17) is 16.3 Å². The first-order chi connectivity index (χ1) is 13.3. The minimum atomic E-state index is -1.15.